The molecule has 0 bridgehead atoms. The highest BCUT2D eigenvalue weighted by Gasteiger charge is 2.09. The van der Waals surface area contributed by atoms with Crippen LogP contribution in [0.25, 0.3) is 21.8 Å². The van der Waals surface area contributed by atoms with E-state index in [-0.39, 0.29) is 12.5 Å². The standard InChI is InChI=1S/C24H21N3O2S/c1-16-8-9-21(11-17(16)2)29-14-23(28)26-20-7-3-5-18(12-20)22-15-30-24(27-22)19-6-4-10-25-13-19/h3-13,15H,14H2,1-2H3,(H,26,28). The summed E-state index contributed by atoms with van der Waals surface area (Å²) in [7, 11) is 0. The molecule has 2 heterocycles. The van der Waals surface area contributed by atoms with Gasteiger partial charge in [-0.25, -0.2) is 4.98 Å². The van der Waals surface area contributed by atoms with E-state index < -0.39 is 0 Å². The normalized spacial score (nSPS) is 10.6. The largest absolute Gasteiger partial charge is 0.484 e. The van der Waals surface area contributed by atoms with Gasteiger partial charge in [-0.2, -0.15) is 0 Å². The molecule has 2 aromatic heterocycles. The maximum atomic E-state index is 12.3. The smallest absolute Gasteiger partial charge is 0.262 e. The number of nitrogens with zero attached hydrogens (tertiary/aromatic N) is 2. The molecule has 0 aliphatic carbocycles. The van der Waals surface area contributed by atoms with E-state index in [1.165, 1.54) is 5.56 Å². The predicted molar refractivity (Wildman–Crippen MR) is 121 cm³/mol. The average molecular weight is 416 g/mol. The molecule has 150 valence electrons. The fourth-order valence-corrected chi connectivity index (χ4v) is 3.75. The zero-order chi connectivity index (χ0) is 20.9. The monoisotopic (exact) mass is 415 g/mol. The Labute approximate surface area is 179 Å². The summed E-state index contributed by atoms with van der Waals surface area (Å²) < 4.78 is 5.61. The number of ether oxygens (including phenoxy) is 1. The quantitative estimate of drug-likeness (QED) is 0.451. The van der Waals surface area contributed by atoms with Gasteiger partial charge in [0.2, 0.25) is 0 Å². The third-order valence-corrected chi connectivity index (χ3v) is 5.59. The molecular formula is C24H21N3O2S. The first-order valence-electron chi connectivity index (χ1n) is 9.55. The zero-order valence-corrected chi connectivity index (χ0v) is 17.6. The fourth-order valence-electron chi connectivity index (χ4n) is 2.93. The van der Waals surface area contributed by atoms with E-state index in [0.717, 1.165) is 27.4 Å². The van der Waals surface area contributed by atoms with Gasteiger partial charge in [-0.15, -0.1) is 11.3 Å². The van der Waals surface area contributed by atoms with Crippen molar-refractivity contribution in [1.82, 2.24) is 9.97 Å². The number of anilines is 1. The van der Waals surface area contributed by atoms with Crippen molar-refractivity contribution in [2.45, 2.75) is 13.8 Å². The topological polar surface area (TPSA) is 64.1 Å². The van der Waals surface area contributed by atoms with Gasteiger partial charge in [0.15, 0.2) is 6.61 Å². The lowest BCUT2D eigenvalue weighted by molar-refractivity contribution is -0.118. The van der Waals surface area contributed by atoms with Gasteiger partial charge in [0.1, 0.15) is 10.8 Å². The summed E-state index contributed by atoms with van der Waals surface area (Å²) in [5, 5.41) is 5.81. The summed E-state index contributed by atoms with van der Waals surface area (Å²) in [4.78, 5) is 21.2. The van der Waals surface area contributed by atoms with Crippen LogP contribution in [0.1, 0.15) is 11.1 Å². The van der Waals surface area contributed by atoms with Gasteiger partial charge in [0.25, 0.3) is 5.91 Å². The van der Waals surface area contributed by atoms with E-state index in [9.17, 15) is 4.79 Å². The fraction of sp³-hybridized carbons (Fsp3) is 0.125. The molecule has 4 aromatic rings. The number of thiazole rings is 1. The number of aryl methyl sites for hydroxylation is 2. The first-order chi connectivity index (χ1) is 14.6. The van der Waals surface area contributed by atoms with Crippen LogP contribution in [0.4, 0.5) is 5.69 Å². The lowest BCUT2D eigenvalue weighted by Crippen LogP contribution is -2.20. The number of carbonyl (C=O) groups excluding carboxylic acids is 1. The van der Waals surface area contributed by atoms with Crippen molar-refractivity contribution in [3.8, 4) is 27.6 Å². The molecule has 0 fully saturated rings. The van der Waals surface area contributed by atoms with Gasteiger partial charge in [0, 0.05) is 34.6 Å². The third-order valence-electron chi connectivity index (χ3n) is 4.70. The molecule has 2 aromatic carbocycles. The number of hydrogen-bond acceptors (Lipinski definition) is 5. The SMILES string of the molecule is Cc1ccc(OCC(=O)Nc2cccc(-c3csc(-c4cccnc4)n3)c2)cc1C. The maximum absolute atomic E-state index is 12.3. The minimum absolute atomic E-state index is 0.0470. The number of nitrogens with one attached hydrogen (secondary N) is 1. The molecule has 0 unspecified atom stereocenters. The lowest BCUT2D eigenvalue weighted by atomic mass is 10.1. The van der Waals surface area contributed by atoms with Gasteiger partial charge in [0.05, 0.1) is 5.69 Å². The van der Waals surface area contributed by atoms with Crippen molar-refractivity contribution in [3.63, 3.8) is 0 Å². The molecular weight excluding hydrogens is 394 g/mol. The highest BCUT2D eigenvalue weighted by Crippen LogP contribution is 2.29. The first kappa shape index (κ1) is 19.8. The Morgan fingerprint density at radius 2 is 1.90 bits per heavy atom. The second-order valence-corrected chi connectivity index (χ2v) is 7.80. The van der Waals surface area contributed by atoms with Crippen LogP contribution in [0.3, 0.4) is 0 Å². The molecule has 30 heavy (non-hydrogen) atoms. The number of amides is 1. The summed E-state index contributed by atoms with van der Waals surface area (Å²) in [6.45, 7) is 4.02. The van der Waals surface area contributed by atoms with Crippen LogP contribution in [0.15, 0.2) is 72.4 Å². The Bertz CT molecular complexity index is 1170. The van der Waals surface area contributed by atoms with Gasteiger partial charge in [-0.1, -0.05) is 18.2 Å². The van der Waals surface area contributed by atoms with Crippen LogP contribution in [0.2, 0.25) is 0 Å². The third kappa shape index (κ3) is 4.72. The molecule has 0 atom stereocenters. The Kier molecular flexibility index (Phi) is 5.86. The molecule has 6 heteroatoms. The number of aromatic nitrogens is 2. The zero-order valence-electron chi connectivity index (χ0n) is 16.8. The van der Waals surface area contributed by atoms with Crippen LogP contribution in [-0.2, 0) is 4.79 Å². The van der Waals surface area contributed by atoms with Gasteiger partial charge in [-0.3, -0.25) is 9.78 Å². The second-order valence-electron chi connectivity index (χ2n) is 6.94. The molecule has 1 N–H and O–H groups in total. The van der Waals surface area contributed by atoms with Crippen LogP contribution < -0.4 is 10.1 Å². The van der Waals surface area contributed by atoms with Crippen molar-refractivity contribution in [1.29, 1.82) is 0 Å². The highest BCUT2D eigenvalue weighted by atomic mass is 32.1. The molecule has 0 saturated heterocycles. The number of benzene rings is 2. The summed E-state index contributed by atoms with van der Waals surface area (Å²) in [5.41, 5.74) is 5.82. The summed E-state index contributed by atoms with van der Waals surface area (Å²) in [5.74, 6) is 0.479. The Morgan fingerprint density at radius 1 is 1.03 bits per heavy atom. The van der Waals surface area contributed by atoms with Crippen LogP contribution in [-0.4, -0.2) is 22.5 Å². The summed E-state index contributed by atoms with van der Waals surface area (Å²) >= 11 is 1.57. The minimum Gasteiger partial charge on any atom is -0.484 e. The van der Waals surface area contributed by atoms with E-state index in [1.54, 1.807) is 23.7 Å². The Balaban J connectivity index is 1.41. The van der Waals surface area contributed by atoms with E-state index in [2.05, 4.69) is 10.3 Å². The van der Waals surface area contributed by atoms with Gasteiger partial charge >= 0.3 is 0 Å². The molecule has 0 spiro atoms. The van der Waals surface area contributed by atoms with E-state index in [1.807, 2.05) is 73.8 Å². The number of pyridine rings is 1. The minimum atomic E-state index is -0.209. The van der Waals surface area contributed by atoms with E-state index in [0.29, 0.717) is 11.4 Å². The van der Waals surface area contributed by atoms with Crippen molar-refractivity contribution in [2.24, 2.45) is 0 Å². The van der Waals surface area contributed by atoms with Crippen LogP contribution in [0, 0.1) is 13.8 Å². The molecule has 1 amide bonds. The van der Waals surface area contributed by atoms with Crippen molar-refractivity contribution >= 4 is 22.9 Å². The van der Waals surface area contributed by atoms with Crippen molar-refractivity contribution in [2.75, 3.05) is 11.9 Å². The molecule has 0 aliphatic rings. The Hall–Kier alpha value is -3.51. The van der Waals surface area contributed by atoms with Crippen LogP contribution >= 0.6 is 11.3 Å². The van der Waals surface area contributed by atoms with E-state index in [4.69, 9.17) is 9.72 Å². The molecule has 0 radical (unpaired) electrons. The Morgan fingerprint density at radius 3 is 2.70 bits per heavy atom. The van der Waals surface area contributed by atoms with Gasteiger partial charge in [-0.05, 0) is 61.4 Å². The number of hydrogen-bond donors (Lipinski definition) is 1. The van der Waals surface area contributed by atoms with Crippen molar-refractivity contribution < 1.29 is 9.53 Å². The van der Waals surface area contributed by atoms with Crippen LogP contribution in [0.5, 0.6) is 5.75 Å². The van der Waals surface area contributed by atoms with Gasteiger partial charge < -0.3 is 10.1 Å². The molecule has 0 aliphatic heterocycles. The molecule has 4 rings (SSSR count). The average Bonchev–Trinajstić information content (AvgIpc) is 3.26. The van der Waals surface area contributed by atoms with E-state index >= 15 is 0 Å². The maximum Gasteiger partial charge on any atom is 0.262 e. The molecule has 0 saturated carbocycles. The highest BCUT2D eigenvalue weighted by molar-refractivity contribution is 7.13. The summed E-state index contributed by atoms with van der Waals surface area (Å²) in [6, 6.07) is 17.3. The number of rotatable bonds is 6. The first-order valence-corrected chi connectivity index (χ1v) is 10.4. The predicted octanol–water partition coefficient (Wildman–Crippen LogP) is 5.51. The summed E-state index contributed by atoms with van der Waals surface area (Å²) in [6.07, 6.45) is 3.54. The van der Waals surface area contributed by atoms with Crippen molar-refractivity contribution in [3.05, 3.63) is 83.5 Å². The second kappa shape index (κ2) is 8.88. The lowest BCUT2D eigenvalue weighted by Gasteiger charge is -2.09. The number of carbonyl (C=O) groups is 1. The molecule has 5 nitrogen and oxygen atoms in total.